The van der Waals surface area contributed by atoms with E-state index in [0.29, 0.717) is 12.0 Å². The molecule has 1 fully saturated rings. The summed E-state index contributed by atoms with van der Waals surface area (Å²) < 4.78 is 0. The zero-order chi connectivity index (χ0) is 11.5. The Balaban J connectivity index is 2.06. The number of likely N-dealkylation sites (tertiary alicyclic amines) is 1. The smallest absolute Gasteiger partial charge is 0.0972 e. The number of nitrogens with zero attached hydrogens (tertiary/aromatic N) is 2. The van der Waals surface area contributed by atoms with Gasteiger partial charge in [0.25, 0.3) is 0 Å². The van der Waals surface area contributed by atoms with Gasteiger partial charge >= 0.3 is 0 Å². The Morgan fingerprint density at radius 2 is 2.44 bits per heavy atom. The number of thiazole rings is 1. The first kappa shape index (κ1) is 12.0. The van der Waals surface area contributed by atoms with E-state index in [1.807, 2.05) is 18.4 Å². The average molecular weight is 239 g/mol. The summed E-state index contributed by atoms with van der Waals surface area (Å²) in [7, 11) is 4.19. The molecule has 1 aliphatic rings. The van der Waals surface area contributed by atoms with E-state index < -0.39 is 0 Å². The Morgan fingerprint density at radius 1 is 1.62 bits per heavy atom. The van der Waals surface area contributed by atoms with E-state index in [1.54, 1.807) is 0 Å². The third kappa shape index (κ3) is 2.62. The van der Waals surface area contributed by atoms with Crippen LogP contribution < -0.4 is 5.32 Å². The monoisotopic (exact) mass is 239 g/mol. The number of rotatable bonds is 3. The summed E-state index contributed by atoms with van der Waals surface area (Å²) in [6, 6.07) is 0.367. The highest BCUT2D eigenvalue weighted by Crippen LogP contribution is 2.29. The molecule has 0 aliphatic carbocycles. The van der Waals surface area contributed by atoms with Crippen molar-refractivity contribution in [2.45, 2.75) is 31.7 Å². The molecule has 0 amide bonds. The van der Waals surface area contributed by atoms with Crippen molar-refractivity contribution in [1.82, 2.24) is 15.2 Å². The third-order valence-electron chi connectivity index (χ3n) is 3.39. The second-order valence-electron chi connectivity index (χ2n) is 4.72. The summed E-state index contributed by atoms with van der Waals surface area (Å²) in [6.45, 7) is 4.56. The van der Waals surface area contributed by atoms with Crippen LogP contribution in [0.1, 0.15) is 42.4 Å². The van der Waals surface area contributed by atoms with Crippen LogP contribution in [0.5, 0.6) is 0 Å². The maximum absolute atomic E-state index is 4.77. The van der Waals surface area contributed by atoms with Crippen LogP contribution in [0.15, 0.2) is 5.38 Å². The fourth-order valence-corrected chi connectivity index (χ4v) is 3.24. The van der Waals surface area contributed by atoms with Gasteiger partial charge in [0.15, 0.2) is 0 Å². The predicted molar refractivity (Wildman–Crippen MR) is 69.1 cm³/mol. The number of hydrogen-bond acceptors (Lipinski definition) is 4. The first-order valence-corrected chi connectivity index (χ1v) is 6.89. The molecule has 2 unspecified atom stereocenters. The van der Waals surface area contributed by atoms with E-state index in [2.05, 4.69) is 29.6 Å². The zero-order valence-corrected chi connectivity index (χ0v) is 11.2. The lowest BCUT2D eigenvalue weighted by atomic mass is 9.99. The van der Waals surface area contributed by atoms with Crippen molar-refractivity contribution in [3.05, 3.63) is 16.1 Å². The molecule has 0 saturated carbocycles. The Labute approximate surface area is 102 Å². The minimum absolute atomic E-state index is 0.367. The largest absolute Gasteiger partial charge is 0.312 e. The van der Waals surface area contributed by atoms with Gasteiger partial charge in [-0.05, 0) is 40.4 Å². The van der Waals surface area contributed by atoms with Crippen LogP contribution in [0.25, 0.3) is 0 Å². The van der Waals surface area contributed by atoms with Crippen LogP contribution in [0.2, 0.25) is 0 Å². The van der Waals surface area contributed by atoms with Gasteiger partial charge in [0, 0.05) is 23.9 Å². The molecule has 0 aromatic carbocycles. The molecule has 16 heavy (non-hydrogen) atoms. The van der Waals surface area contributed by atoms with Gasteiger partial charge in [-0.3, -0.25) is 0 Å². The van der Waals surface area contributed by atoms with Crippen molar-refractivity contribution in [2.75, 3.05) is 27.2 Å². The first-order chi connectivity index (χ1) is 7.70. The summed E-state index contributed by atoms with van der Waals surface area (Å²) >= 11 is 1.82. The van der Waals surface area contributed by atoms with Crippen LogP contribution in [-0.4, -0.2) is 37.1 Å². The molecule has 3 nitrogen and oxygen atoms in total. The van der Waals surface area contributed by atoms with Crippen molar-refractivity contribution in [1.29, 1.82) is 0 Å². The minimum atomic E-state index is 0.367. The van der Waals surface area contributed by atoms with Crippen LogP contribution in [0, 0.1) is 0 Å². The summed E-state index contributed by atoms with van der Waals surface area (Å²) in [5, 5.41) is 6.76. The molecular weight excluding hydrogens is 218 g/mol. The summed E-state index contributed by atoms with van der Waals surface area (Å²) in [5.41, 5.74) is 1.19. The second-order valence-corrected chi connectivity index (χ2v) is 5.61. The maximum Gasteiger partial charge on any atom is 0.0972 e. The molecular formula is C12H21N3S. The fraction of sp³-hybridized carbons (Fsp3) is 0.750. The van der Waals surface area contributed by atoms with Crippen LogP contribution >= 0.6 is 11.3 Å². The predicted octanol–water partition coefficient (Wildman–Crippen LogP) is 2.23. The maximum atomic E-state index is 4.77. The molecule has 2 rings (SSSR count). The first-order valence-electron chi connectivity index (χ1n) is 6.02. The number of hydrogen-bond donors (Lipinski definition) is 1. The number of aromatic nitrogens is 1. The van der Waals surface area contributed by atoms with E-state index in [1.165, 1.54) is 36.6 Å². The highest BCUT2D eigenvalue weighted by atomic mass is 32.1. The van der Waals surface area contributed by atoms with E-state index in [9.17, 15) is 0 Å². The fourth-order valence-electron chi connectivity index (χ4n) is 2.20. The van der Waals surface area contributed by atoms with Crippen molar-refractivity contribution in [2.24, 2.45) is 0 Å². The van der Waals surface area contributed by atoms with E-state index in [0.717, 1.165) is 0 Å². The van der Waals surface area contributed by atoms with Gasteiger partial charge in [0.2, 0.25) is 0 Å². The molecule has 2 atom stereocenters. The molecule has 2 heterocycles. The van der Waals surface area contributed by atoms with Gasteiger partial charge in [0.1, 0.15) is 0 Å². The minimum Gasteiger partial charge on any atom is -0.312 e. The van der Waals surface area contributed by atoms with E-state index in [4.69, 9.17) is 4.98 Å². The Bertz CT molecular complexity index is 337. The topological polar surface area (TPSA) is 28.2 Å². The number of likely N-dealkylation sites (N-methyl/N-ethyl adjacent to an activating group) is 1. The van der Waals surface area contributed by atoms with Crippen molar-refractivity contribution in [3.63, 3.8) is 0 Å². The lowest BCUT2D eigenvalue weighted by Gasteiger charge is -2.28. The molecule has 90 valence electrons. The molecule has 0 spiro atoms. The molecule has 1 N–H and O–H groups in total. The van der Waals surface area contributed by atoms with Crippen LogP contribution in [-0.2, 0) is 0 Å². The summed E-state index contributed by atoms with van der Waals surface area (Å²) in [4.78, 5) is 7.18. The molecule has 0 radical (unpaired) electrons. The van der Waals surface area contributed by atoms with Gasteiger partial charge < -0.3 is 10.2 Å². The van der Waals surface area contributed by atoms with Crippen molar-refractivity contribution < 1.29 is 0 Å². The highest BCUT2D eigenvalue weighted by molar-refractivity contribution is 7.09. The van der Waals surface area contributed by atoms with Gasteiger partial charge in [-0.15, -0.1) is 11.3 Å². The molecule has 1 saturated heterocycles. The Hall–Kier alpha value is -0.450. The molecule has 1 aromatic heterocycles. The molecule has 4 heteroatoms. The van der Waals surface area contributed by atoms with E-state index in [-0.39, 0.29) is 0 Å². The summed E-state index contributed by atoms with van der Waals surface area (Å²) in [5.74, 6) is 0.654. The molecule has 1 aromatic rings. The number of nitrogens with one attached hydrogen (secondary N) is 1. The SMILES string of the molecule is CNC(C)c1csc(C2CCCN(C)C2)n1. The lowest BCUT2D eigenvalue weighted by molar-refractivity contribution is 0.250. The lowest BCUT2D eigenvalue weighted by Crippen LogP contribution is -2.30. The van der Waals surface area contributed by atoms with Crippen molar-refractivity contribution in [3.8, 4) is 0 Å². The second kappa shape index (κ2) is 5.25. The Morgan fingerprint density at radius 3 is 3.12 bits per heavy atom. The highest BCUT2D eigenvalue weighted by Gasteiger charge is 2.22. The van der Waals surface area contributed by atoms with Crippen LogP contribution in [0.3, 0.4) is 0 Å². The van der Waals surface area contributed by atoms with Crippen molar-refractivity contribution >= 4 is 11.3 Å². The Kier molecular flexibility index (Phi) is 3.95. The van der Waals surface area contributed by atoms with E-state index >= 15 is 0 Å². The van der Waals surface area contributed by atoms with Gasteiger partial charge in [-0.25, -0.2) is 4.98 Å². The van der Waals surface area contributed by atoms with Gasteiger partial charge in [0.05, 0.1) is 10.7 Å². The van der Waals surface area contributed by atoms with Gasteiger partial charge in [-0.1, -0.05) is 0 Å². The average Bonchev–Trinajstić information content (AvgIpc) is 2.77. The third-order valence-corrected chi connectivity index (χ3v) is 4.42. The molecule has 1 aliphatic heterocycles. The summed E-state index contributed by atoms with van der Waals surface area (Å²) in [6.07, 6.45) is 2.60. The number of piperidine rings is 1. The molecule has 0 bridgehead atoms. The van der Waals surface area contributed by atoms with Crippen LogP contribution in [0.4, 0.5) is 0 Å². The normalized spacial score (nSPS) is 24.6. The zero-order valence-electron chi connectivity index (χ0n) is 10.4. The standard InChI is InChI=1S/C12H21N3S/c1-9(13-2)11-8-16-12(14-11)10-5-4-6-15(3)7-10/h8-10,13H,4-7H2,1-3H3. The van der Waals surface area contributed by atoms with Gasteiger partial charge in [-0.2, -0.15) is 0 Å². The quantitative estimate of drug-likeness (QED) is 0.877.